The van der Waals surface area contributed by atoms with E-state index in [1.165, 1.54) is 22.9 Å². The molecule has 0 bridgehead atoms. The number of pyridine rings is 1. The Labute approximate surface area is 193 Å². The second kappa shape index (κ2) is 8.75. The molecule has 0 saturated carbocycles. The number of aromatic nitrogens is 3. The maximum absolute atomic E-state index is 14.3. The molecule has 33 heavy (non-hydrogen) atoms. The van der Waals surface area contributed by atoms with E-state index in [4.69, 9.17) is 11.6 Å². The molecule has 4 aromatic rings. The van der Waals surface area contributed by atoms with E-state index >= 15 is 0 Å². The summed E-state index contributed by atoms with van der Waals surface area (Å²) in [6.45, 7) is 5.32. The van der Waals surface area contributed by atoms with E-state index in [0.29, 0.717) is 5.56 Å². The summed E-state index contributed by atoms with van der Waals surface area (Å²) in [5, 5.41) is 0.148. The van der Waals surface area contributed by atoms with Gasteiger partial charge in [0.25, 0.3) is 5.56 Å². The zero-order valence-corrected chi connectivity index (χ0v) is 18.9. The van der Waals surface area contributed by atoms with E-state index in [1.54, 1.807) is 31.5 Å². The van der Waals surface area contributed by atoms with E-state index in [2.05, 4.69) is 4.98 Å². The molecule has 0 aliphatic rings. The van der Waals surface area contributed by atoms with Crippen molar-refractivity contribution in [2.24, 2.45) is 0 Å². The van der Waals surface area contributed by atoms with E-state index < -0.39 is 29.0 Å². The van der Waals surface area contributed by atoms with Crippen molar-refractivity contribution in [1.29, 1.82) is 0 Å². The smallest absolute Gasteiger partial charge is 0.262 e. The first-order valence-corrected chi connectivity index (χ1v) is 10.6. The number of aryl methyl sites for hydroxylation is 2. The van der Waals surface area contributed by atoms with E-state index in [1.807, 2.05) is 24.6 Å². The van der Waals surface area contributed by atoms with Gasteiger partial charge in [0.2, 0.25) is 0 Å². The molecule has 2 heterocycles. The maximum atomic E-state index is 14.3. The van der Waals surface area contributed by atoms with Gasteiger partial charge in [0.15, 0.2) is 5.78 Å². The quantitative estimate of drug-likeness (QED) is 0.368. The molecule has 0 aliphatic heterocycles. The Morgan fingerprint density at radius 2 is 1.82 bits per heavy atom. The normalized spacial score (nSPS) is 12.1. The lowest BCUT2D eigenvalue weighted by Crippen LogP contribution is -2.29. The van der Waals surface area contributed by atoms with E-state index in [9.17, 15) is 18.4 Å². The van der Waals surface area contributed by atoms with Gasteiger partial charge in [0.05, 0.1) is 28.6 Å². The maximum Gasteiger partial charge on any atom is 0.262 e. The van der Waals surface area contributed by atoms with Gasteiger partial charge in [-0.2, -0.15) is 0 Å². The highest BCUT2D eigenvalue weighted by atomic mass is 35.5. The Hall–Kier alpha value is -3.58. The minimum absolute atomic E-state index is 0.106. The van der Waals surface area contributed by atoms with Crippen LogP contribution >= 0.6 is 11.6 Å². The van der Waals surface area contributed by atoms with Crippen LogP contribution in [0.4, 0.5) is 8.78 Å². The molecule has 5 nitrogen and oxygen atoms in total. The molecule has 0 amide bonds. The number of nitrogens with zero attached hydrogens (tertiary/aromatic N) is 3. The van der Waals surface area contributed by atoms with Crippen LogP contribution in [0.15, 0.2) is 66.0 Å². The van der Waals surface area contributed by atoms with Gasteiger partial charge in [-0.25, -0.2) is 13.8 Å². The number of halogens is 3. The minimum atomic E-state index is -0.808. The number of ketones is 1. The third kappa shape index (κ3) is 4.36. The van der Waals surface area contributed by atoms with Crippen LogP contribution in [0.1, 0.15) is 45.7 Å². The third-order valence-corrected chi connectivity index (χ3v) is 5.74. The van der Waals surface area contributed by atoms with Gasteiger partial charge in [-0.1, -0.05) is 17.7 Å². The Kier molecular flexibility index (Phi) is 5.99. The molecule has 0 fully saturated rings. The fourth-order valence-electron chi connectivity index (χ4n) is 3.80. The van der Waals surface area contributed by atoms with Crippen LogP contribution in [0, 0.1) is 25.5 Å². The fourth-order valence-corrected chi connectivity index (χ4v) is 4.02. The number of rotatable bonds is 5. The number of carbonyl (C=O) groups excluding carboxylic acids is 1. The van der Waals surface area contributed by atoms with Gasteiger partial charge >= 0.3 is 0 Å². The second-order valence-corrected chi connectivity index (χ2v) is 8.32. The lowest BCUT2D eigenvalue weighted by Gasteiger charge is -2.18. The SMILES string of the molecule is Cc1cn(-c2ccc(C(=O)c3cc(Cl)cn(C(C)c4ccc(F)cc4F)c3=O)cc2C)cn1. The summed E-state index contributed by atoms with van der Waals surface area (Å²) in [6, 6.07) is 8.74. The van der Waals surface area contributed by atoms with Crippen molar-refractivity contribution in [3.8, 4) is 5.69 Å². The summed E-state index contributed by atoms with van der Waals surface area (Å²) in [4.78, 5) is 30.6. The van der Waals surface area contributed by atoms with Crippen molar-refractivity contribution < 1.29 is 13.6 Å². The molecule has 1 atom stereocenters. The highest BCUT2D eigenvalue weighted by Gasteiger charge is 2.21. The lowest BCUT2D eigenvalue weighted by atomic mass is 10.0. The van der Waals surface area contributed by atoms with Gasteiger partial charge in [0, 0.05) is 35.3 Å². The molecule has 0 saturated heterocycles. The topological polar surface area (TPSA) is 56.9 Å². The Balaban J connectivity index is 1.74. The molecule has 0 aliphatic carbocycles. The average molecular weight is 468 g/mol. The van der Waals surface area contributed by atoms with E-state index in [-0.39, 0.29) is 16.1 Å². The highest BCUT2D eigenvalue weighted by Crippen LogP contribution is 2.23. The fraction of sp³-hybridized carbons (Fsp3) is 0.160. The molecule has 4 rings (SSSR count). The standard InChI is InChI=1S/C25H20ClF2N3O2/c1-14-8-17(4-7-23(14)30-11-15(2)29-13-30)24(32)21-9-18(26)12-31(25(21)33)16(3)20-6-5-19(27)10-22(20)28/h4-13,16H,1-3H3. The molecule has 8 heteroatoms. The molecule has 168 valence electrons. The van der Waals surface area contributed by atoms with Crippen molar-refractivity contribution >= 4 is 17.4 Å². The van der Waals surface area contributed by atoms with Crippen molar-refractivity contribution in [2.75, 3.05) is 0 Å². The van der Waals surface area contributed by atoms with Crippen LogP contribution < -0.4 is 5.56 Å². The number of benzene rings is 2. The summed E-state index contributed by atoms with van der Waals surface area (Å²) in [6.07, 6.45) is 4.89. The van der Waals surface area contributed by atoms with Crippen molar-refractivity contribution in [1.82, 2.24) is 14.1 Å². The summed E-state index contributed by atoms with van der Waals surface area (Å²) in [7, 11) is 0. The van der Waals surface area contributed by atoms with Crippen LogP contribution in [0.3, 0.4) is 0 Å². The molecule has 0 radical (unpaired) electrons. The van der Waals surface area contributed by atoms with Gasteiger partial charge in [-0.15, -0.1) is 0 Å². The first kappa shape index (κ1) is 22.6. The van der Waals surface area contributed by atoms with E-state index in [0.717, 1.165) is 29.1 Å². The molecular formula is C25H20ClF2N3O2. The van der Waals surface area contributed by atoms with Crippen molar-refractivity contribution in [3.63, 3.8) is 0 Å². The molecule has 1 unspecified atom stereocenters. The molecule has 0 spiro atoms. The van der Waals surface area contributed by atoms with Crippen LogP contribution in [0.2, 0.25) is 5.02 Å². The van der Waals surface area contributed by atoms with Gasteiger partial charge in [-0.05, 0) is 56.7 Å². The third-order valence-electron chi connectivity index (χ3n) is 5.53. The summed E-state index contributed by atoms with van der Waals surface area (Å²) in [5.41, 5.74) is 2.21. The van der Waals surface area contributed by atoms with Crippen LogP contribution in [0.25, 0.3) is 5.69 Å². The first-order valence-electron chi connectivity index (χ1n) is 10.2. The molecule has 2 aromatic carbocycles. The average Bonchev–Trinajstić information content (AvgIpc) is 3.20. The molecule has 0 N–H and O–H groups in total. The summed E-state index contributed by atoms with van der Waals surface area (Å²) in [5.74, 6) is -2.01. The number of hydrogen-bond donors (Lipinski definition) is 0. The number of hydrogen-bond acceptors (Lipinski definition) is 3. The van der Waals surface area contributed by atoms with Gasteiger partial charge < -0.3 is 9.13 Å². The lowest BCUT2D eigenvalue weighted by molar-refractivity contribution is 0.103. The highest BCUT2D eigenvalue weighted by molar-refractivity contribution is 6.31. The Morgan fingerprint density at radius 3 is 2.45 bits per heavy atom. The minimum Gasteiger partial charge on any atom is -0.306 e. The summed E-state index contributed by atoms with van der Waals surface area (Å²) >= 11 is 6.21. The van der Waals surface area contributed by atoms with Crippen molar-refractivity contribution in [2.45, 2.75) is 26.8 Å². The predicted octanol–water partition coefficient (Wildman–Crippen LogP) is 5.42. The van der Waals surface area contributed by atoms with Crippen molar-refractivity contribution in [3.05, 3.63) is 116 Å². The molecule has 2 aromatic heterocycles. The number of carbonyl (C=O) groups is 1. The summed E-state index contributed by atoms with van der Waals surface area (Å²) < 4.78 is 30.6. The molecular weight excluding hydrogens is 448 g/mol. The largest absolute Gasteiger partial charge is 0.306 e. The van der Waals surface area contributed by atoms with Crippen LogP contribution in [0.5, 0.6) is 0 Å². The number of imidazole rings is 1. The monoisotopic (exact) mass is 467 g/mol. The van der Waals surface area contributed by atoms with Crippen LogP contribution in [-0.2, 0) is 0 Å². The van der Waals surface area contributed by atoms with Crippen LogP contribution in [-0.4, -0.2) is 19.9 Å². The Morgan fingerprint density at radius 1 is 1.06 bits per heavy atom. The Bertz CT molecular complexity index is 1440. The second-order valence-electron chi connectivity index (χ2n) is 7.88. The first-order chi connectivity index (χ1) is 15.7. The van der Waals surface area contributed by atoms with Gasteiger partial charge in [0.1, 0.15) is 11.6 Å². The predicted molar refractivity (Wildman–Crippen MR) is 122 cm³/mol. The zero-order valence-electron chi connectivity index (χ0n) is 18.1. The van der Waals surface area contributed by atoms with Gasteiger partial charge in [-0.3, -0.25) is 9.59 Å². The zero-order chi connectivity index (χ0) is 23.9.